The maximum absolute atomic E-state index is 13.1. The molecule has 6 nitrogen and oxygen atoms in total. The Labute approximate surface area is 182 Å². The smallest absolute Gasteiger partial charge is 0.340 e. The van der Waals surface area contributed by atoms with E-state index in [1.807, 2.05) is 18.0 Å². The second-order valence-electron chi connectivity index (χ2n) is 6.66. The van der Waals surface area contributed by atoms with Gasteiger partial charge in [-0.3, -0.25) is 9.69 Å². The van der Waals surface area contributed by atoms with Gasteiger partial charge in [0.2, 0.25) is 5.91 Å². The van der Waals surface area contributed by atoms with Crippen LogP contribution in [0.3, 0.4) is 0 Å². The number of carbonyl (C=O) groups excluding carboxylic acids is 2. The van der Waals surface area contributed by atoms with Crippen molar-refractivity contribution in [2.75, 3.05) is 25.5 Å². The summed E-state index contributed by atoms with van der Waals surface area (Å²) in [7, 11) is 1.93. The summed E-state index contributed by atoms with van der Waals surface area (Å²) in [5.74, 6) is -0.671. The van der Waals surface area contributed by atoms with E-state index in [2.05, 4.69) is 12.2 Å². The molecule has 0 unspecified atom stereocenters. The first-order valence-corrected chi connectivity index (χ1v) is 8.93. The van der Waals surface area contributed by atoms with Gasteiger partial charge in [0.15, 0.2) is 0 Å². The number of hydrogen-bond donors (Lipinski definition) is 1. The van der Waals surface area contributed by atoms with Gasteiger partial charge in [-0.1, -0.05) is 0 Å². The summed E-state index contributed by atoms with van der Waals surface area (Å²) in [6.45, 7) is 8.30. The molecule has 0 heterocycles. The van der Waals surface area contributed by atoms with E-state index >= 15 is 0 Å². The Balaban J connectivity index is 0.00000364. The van der Waals surface area contributed by atoms with E-state index in [9.17, 15) is 14.9 Å². The van der Waals surface area contributed by atoms with Crippen LogP contribution in [0.5, 0.6) is 0 Å². The third kappa shape index (κ3) is 5.21. The quantitative estimate of drug-likeness (QED) is 0.412. The van der Waals surface area contributed by atoms with Crippen molar-refractivity contribution in [3.63, 3.8) is 0 Å². The number of nitriles is 1. The van der Waals surface area contributed by atoms with Crippen LogP contribution in [0, 0.1) is 32.6 Å². The number of carbonyl (C=O) groups is 2. The number of rotatable bonds is 7. The fraction of sp³-hybridized carbons (Fsp3) is 0.476. The molecule has 0 aromatic heterocycles. The molecular formula is C21H29N3O3W-2. The Morgan fingerprint density at radius 1 is 1.39 bits per heavy atom. The van der Waals surface area contributed by atoms with Gasteiger partial charge in [-0.15, -0.1) is 0 Å². The molecule has 1 fully saturated rings. The monoisotopic (exact) mass is 555 g/mol. The van der Waals surface area contributed by atoms with Gasteiger partial charge in [0.1, 0.15) is 5.54 Å². The fourth-order valence-corrected chi connectivity index (χ4v) is 3.36. The van der Waals surface area contributed by atoms with E-state index in [0.717, 1.165) is 32.2 Å². The molecule has 1 aromatic carbocycles. The van der Waals surface area contributed by atoms with Crippen LogP contribution < -0.4 is 5.32 Å². The molecule has 154 valence electrons. The second kappa shape index (κ2) is 11.3. The van der Waals surface area contributed by atoms with Crippen molar-refractivity contribution in [3.8, 4) is 6.07 Å². The largest absolute Gasteiger partial charge is 0.462 e. The first-order chi connectivity index (χ1) is 12.4. The molecule has 1 saturated carbocycles. The van der Waals surface area contributed by atoms with Gasteiger partial charge in [-0.25, -0.2) is 4.79 Å². The van der Waals surface area contributed by atoms with Crippen molar-refractivity contribution in [3.05, 3.63) is 43.2 Å². The van der Waals surface area contributed by atoms with Crippen LogP contribution in [-0.2, 0) is 30.6 Å². The number of anilines is 1. The van der Waals surface area contributed by atoms with E-state index in [4.69, 9.17) is 4.74 Å². The normalized spacial score (nSPS) is 14.0. The molecule has 1 N–H and O–H groups in total. The molecule has 7 heteroatoms. The SMILES string of the molecule is [CH2-]CCN(C)C1(C(=O)Nc2c(C)cc(C#N)cc2C(=O)OCC)CCC1.[CH3-].[W]. The number of likely N-dealkylation sites (N-methyl/N-ethyl adjacent to an activating group) is 1. The van der Waals surface area contributed by atoms with Crippen LogP contribution in [0.15, 0.2) is 12.1 Å². The molecule has 0 saturated heterocycles. The van der Waals surface area contributed by atoms with Crippen LogP contribution in [-0.4, -0.2) is 42.5 Å². The van der Waals surface area contributed by atoms with Crippen molar-refractivity contribution in [2.45, 2.75) is 45.1 Å². The van der Waals surface area contributed by atoms with Crippen LogP contribution >= 0.6 is 0 Å². The molecule has 0 aliphatic heterocycles. The number of hydrogen-bond acceptors (Lipinski definition) is 5. The van der Waals surface area contributed by atoms with Crippen molar-refractivity contribution in [1.82, 2.24) is 4.90 Å². The Morgan fingerprint density at radius 3 is 2.50 bits per heavy atom. The van der Waals surface area contributed by atoms with Gasteiger partial charge in [-0.2, -0.15) is 11.7 Å². The van der Waals surface area contributed by atoms with Crippen LogP contribution in [0.1, 0.15) is 54.1 Å². The van der Waals surface area contributed by atoms with Crippen molar-refractivity contribution < 1.29 is 35.4 Å². The molecule has 0 radical (unpaired) electrons. The van der Waals surface area contributed by atoms with Crippen LogP contribution in [0.4, 0.5) is 5.69 Å². The molecule has 2 rings (SSSR count). The van der Waals surface area contributed by atoms with E-state index in [1.165, 1.54) is 6.07 Å². The zero-order valence-electron chi connectivity index (χ0n) is 17.1. The summed E-state index contributed by atoms with van der Waals surface area (Å²) < 4.78 is 5.10. The van der Waals surface area contributed by atoms with E-state index in [-0.39, 0.29) is 46.6 Å². The molecule has 1 aromatic rings. The summed E-state index contributed by atoms with van der Waals surface area (Å²) in [5, 5.41) is 12.1. The molecule has 1 amide bonds. The van der Waals surface area contributed by atoms with Crippen LogP contribution in [0.2, 0.25) is 0 Å². The van der Waals surface area contributed by atoms with E-state index in [0.29, 0.717) is 16.8 Å². The van der Waals surface area contributed by atoms with Gasteiger partial charge in [0.05, 0.1) is 29.5 Å². The van der Waals surface area contributed by atoms with Gasteiger partial charge in [-0.05, 0) is 64.4 Å². The van der Waals surface area contributed by atoms with Crippen molar-refractivity contribution in [1.29, 1.82) is 5.26 Å². The van der Waals surface area contributed by atoms with Gasteiger partial charge in [0.25, 0.3) is 0 Å². The molecule has 28 heavy (non-hydrogen) atoms. The second-order valence-corrected chi connectivity index (χ2v) is 6.66. The summed E-state index contributed by atoms with van der Waals surface area (Å²) in [4.78, 5) is 27.5. The van der Waals surface area contributed by atoms with Gasteiger partial charge in [0, 0.05) is 21.1 Å². The first kappa shape index (κ1) is 26.3. The predicted molar refractivity (Wildman–Crippen MR) is 106 cm³/mol. The third-order valence-electron chi connectivity index (χ3n) is 5.03. The standard InChI is InChI=1S/C20H26N3O3.CH3.W/c1-5-10-23(4)20(8-7-9-20)19(25)22-17-14(3)11-15(13-21)12-16(17)18(24)26-6-2;;/h11-12H,1,5-10H2,2-4H3,(H,22,25);1H3;/q2*-1;. The Bertz CT molecular complexity index is 739. The average Bonchev–Trinajstić information content (AvgIpc) is 2.55. The summed E-state index contributed by atoms with van der Waals surface area (Å²) in [5.41, 5.74) is 1.09. The predicted octanol–water partition coefficient (Wildman–Crippen LogP) is 3.51. The Hall–Kier alpha value is -1.70. The van der Waals surface area contributed by atoms with E-state index in [1.54, 1.807) is 19.9 Å². The minimum atomic E-state index is -0.566. The molecule has 1 aliphatic carbocycles. The number of amides is 1. The Kier molecular flexibility index (Phi) is 10.6. The summed E-state index contributed by atoms with van der Waals surface area (Å²) in [6, 6.07) is 5.16. The zero-order chi connectivity index (χ0) is 19.3. The number of ether oxygens (including phenoxy) is 1. The van der Waals surface area contributed by atoms with Crippen molar-refractivity contribution in [2.24, 2.45) is 0 Å². The van der Waals surface area contributed by atoms with Crippen molar-refractivity contribution >= 4 is 17.6 Å². The molecule has 1 aliphatic rings. The zero-order valence-corrected chi connectivity index (χ0v) is 20.1. The molecule has 0 atom stereocenters. The average molecular weight is 555 g/mol. The summed E-state index contributed by atoms with van der Waals surface area (Å²) in [6.07, 6.45) is 3.26. The van der Waals surface area contributed by atoms with Gasteiger partial charge < -0.3 is 24.4 Å². The maximum atomic E-state index is 13.1. The number of benzene rings is 1. The van der Waals surface area contributed by atoms with Gasteiger partial charge >= 0.3 is 5.97 Å². The molecule has 0 bridgehead atoms. The number of nitrogens with one attached hydrogen (secondary N) is 1. The molecular weight excluding hydrogens is 526 g/mol. The fourth-order valence-electron chi connectivity index (χ4n) is 3.36. The maximum Gasteiger partial charge on any atom is 0.340 e. The topological polar surface area (TPSA) is 82.4 Å². The minimum absolute atomic E-state index is 0. The van der Waals surface area contributed by atoms with Crippen LogP contribution in [0.25, 0.3) is 0 Å². The summed E-state index contributed by atoms with van der Waals surface area (Å²) >= 11 is 0. The minimum Gasteiger partial charge on any atom is -0.462 e. The molecule has 0 spiro atoms. The number of nitrogens with zero attached hydrogens (tertiary/aromatic N) is 2. The number of esters is 1. The number of aryl methyl sites for hydroxylation is 1. The Morgan fingerprint density at radius 2 is 2.04 bits per heavy atom. The third-order valence-corrected chi connectivity index (χ3v) is 5.03. The first-order valence-electron chi connectivity index (χ1n) is 8.93. The van der Waals surface area contributed by atoms with E-state index < -0.39 is 11.5 Å².